The van der Waals surface area contributed by atoms with E-state index in [0.29, 0.717) is 22.7 Å². The molecule has 1 heterocycles. The van der Waals surface area contributed by atoms with Crippen LogP contribution in [0, 0.1) is 29.6 Å². The number of aryl methyl sites for hydroxylation is 1. The summed E-state index contributed by atoms with van der Waals surface area (Å²) in [5.74, 6) is -0.0391. The van der Waals surface area contributed by atoms with E-state index in [9.17, 15) is 4.79 Å². The number of ether oxygens (including phenoxy) is 1. The van der Waals surface area contributed by atoms with Gasteiger partial charge in [-0.25, -0.2) is 0 Å². The minimum absolute atomic E-state index is 0.312. The summed E-state index contributed by atoms with van der Waals surface area (Å²) in [5.41, 5.74) is 4.54. The lowest BCUT2D eigenvalue weighted by Gasteiger charge is -2.11. The van der Waals surface area contributed by atoms with Crippen LogP contribution in [-0.2, 0) is 0 Å². The van der Waals surface area contributed by atoms with Gasteiger partial charge < -0.3 is 10.1 Å². The predicted octanol–water partition coefficient (Wildman–Crippen LogP) is 2.47. The third-order valence-electron chi connectivity index (χ3n) is 3.09. The molecule has 0 aliphatic rings. The zero-order chi connectivity index (χ0) is 18.2. The quantitative estimate of drug-likeness (QED) is 0.639. The standard InChI is InChI=1S/C17H14N6O2/c1-11-5-13(10-20-9-11)21-17(24)15-4-3-12(6-16(15)25-2)22-23-14(7-18)8-19/h3-6,9-10,22H,1-2H3,(H,21,24). The van der Waals surface area contributed by atoms with Gasteiger partial charge in [0.1, 0.15) is 17.9 Å². The van der Waals surface area contributed by atoms with Crippen molar-refractivity contribution >= 4 is 23.0 Å². The summed E-state index contributed by atoms with van der Waals surface area (Å²) >= 11 is 0. The molecular weight excluding hydrogens is 320 g/mol. The van der Waals surface area contributed by atoms with Crippen molar-refractivity contribution in [3.05, 3.63) is 47.8 Å². The Morgan fingerprint density at radius 2 is 1.96 bits per heavy atom. The zero-order valence-electron chi connectivity index (χ0n) is 13.6. The molecule has 124 valence electrons. The molecule has 8 nitrogen and oxygen atoms in total. The van der Waals surface area contributed by atoms with Crippen molar-refractivity contribution in [3.63, 3.8) is 0 Å². The summed E-state index contributed by atoms with van der Waals surface area (Å²) < 4.78 is 5.23. The number of rotatable bonds is 5. The highest BCUT2D eigenvalue weighted by molar-refractivity contribution is 6.10. The van der Waals surface area contributed by atoms with Gasteiger partial charge in [-0.2, -0.15) is 15.6 Å². The molecule has 0 atom stereocenters. The third-order valence-corrected chi connectivity index (χ3v) is 3.09. The highest BCUT2D eigenvalue weighted by atomic mass is 16.5. The van der Waals surface area contributed by atoms with Crippen molar-refractivity contribution in [3.8, 4) is 17.9 Å². The predicted molar refractivity (Wildman–Crippen MR) is 92.2 cm³/mol. The Labute approximate surface area is 144 Å². The van der Waals surface area contributed by atoms with Crippen molar-refractivity contribution < 1.29 is 9.53 Å². The van der Waals surface area contributed by atoms with Crippen molar-refractivity contribution in [1.29, 1.82) is 10.5 Å². The Balaban J connectivity index is 2.21. The Kier molecular flexibility index (Phi) is 5.64. The van der Waals surface area contributed by atoms with Crippen LogP contribution in [0.25, 0.3) is 0 Å². The van der Waals surface area contributed by atoms with Gasteiger partial charge in [0.05, 0.1) is 30.2 Å². The number of benzene rings is 1. The summed E-state index contributed by atoms with van der Waals surface area (Å²) in [7, 11) is 1.43. The highest BCUT2D eigenvalue weighted by Gasteiger charge is 2.13. The molecule has 0 saturated heterocycles. The Hall–Kier alpha value is -3.91. The molecule has 1 aromatic heterocycles. The second kappa shape index (κ2) is 8.09. The minimum atomic E-state index is -0.353. The molecule has 1 aromatic carbocycles. The number of carbonyl (C=O) groups excluding carboxylic acids is 1. The molecule has 0 spiro atoms. The minimum Gasteiger partial charge on any atom is -0.496 e. The average Bonchev–Trinajstić information content (AvgIpc) is 2.62. The van der Waals surface area contributed by atoms with Crippen LogP contribution in [0.15, 0.2) is 41.8 Å². The van der Waals surface area contributed by atoms with Crippen LogP contribution >= 0.6 is 0 Å². The number of nitriles is 2. The number of anilines is 2. The van der Waals surface area contributed by atoms with E-state index in [2.05, 4.69) is 20.8 Å². The van der Waals surface area contributed by atoms with E-state index in [1.54, 1.807) is 48.8 Å². The molecule has 2 N–H and O–H groups in total. The molecule has 25 heavy (non-hydrogen) atoms. The van der Waals surface area contributed by atoms with E-state index in [1.807, 2.05) is 6.92 Å². The number of carbonyl (C=O) groups is 1. The van der Waals surface area contributed by atoms with Gasteiger partial charge >= 0.3 is 0 Å². The second-order valence-electron chi connectivity index (χ2n) is 4.92. The Morgan fingerprint density at radius 3 is 2.60 bits per heavy atom. The molecule has 2 rings (SSSR count). The van der Waals surface area contributed by atoms with Gasteiger partial charge in [-0.3, -0.25) is 15.2 Å². The van der Waals surface area contributed by atoms with E-state index in [0.717, 1.165) is 5.56 Å². The summed E-state index contributed by atoms with van der Waals surface area (Å²) in [4.78, 5) is 16.4. The van der Waals surface area contributed by atoms with Crippen molar-refractivity contribution in [2.45, 2.75) is 6.92 Å². The summed E-state index contributed by atoms with van der Waals surface area (Å²) in [6.07, 6.45) is 3.24. The van der Waals surface area contributed by atoms with E-state index in [4.69, 9.17) is 15.3 Å². The first-order valence-electron chi connectivity index (χ1n) is 7.12. The third kappa shape index (κ3) is 4.53. The van der Waals surface area contributed by atoms with Crippen molar-refractivity contribution in [2.75, 3.05) is 17.9 Å². The second-order valence-corrected chi connectivity index (χ2v) is 4.92. The van der Waals surface area contributed by atoms with Gasteiger partial charge in [-0.15, -0.1) is 0 Å². The van der Waals surface area contributed by atoms with Gasteiger partial charge in [0.15, 0.2) is 0 Å². The van der Waals surface area contributed by atoms with Crippen LogP contribution in [0.1, 0.15) is 15.9 Å². The summed E-state index contributed by atoms with van der Waals surface area (Å²) in [5, 5.41) is 23.7. The first kappa shape index (κ1) is 17.4. The molecule has 0 saturated carbocycles. The van der Waals surface area contributed by atoms with E-state index >= 15 is 0 Å². The lowest BCUT2D eigenvalue weighted by molar-refractivity contribution is 0.102. The maximum absolute atomic E-state index is 12.4. The van der Waals surface area contributed by atoms with Gasteiger partial charge in [-0.05, 0) is 30.7 Å². The number of pyridine rings is 1. The molecule has 2 aromatic rings. The molecule has 0 bridgehead atoms. The maximum Gasteiger partial charge on any atom is 0.259 e. The fraction of sp³-hybridized carbons (Fsp3) is 0.118. The van der Waals surface area contributed by atoms with Crippen LogP contribution in [0.4, 0.5) is 11.4 Å². The molecule has 0 radical (unpaired) electrons. The summed E-state index contributed by atoms with van der Waals surface area (Å²) in [6.45, 7) is 1.88. The molecular formula is C17H14N6O2. The normalized spacial score (nSPS) is 9.28. The van der Waals surface area contributed by atoms with Crippen LogP contribution in [0.2, 0.25) is 0 Å². The van der Waals surface area contributed by atoms with Crippen LogP contribution in [-0.4, -0.2) is 23.7 Å². The topological polar surface area (TPSA) is 123 Å². The number of hydrogen-bond acceptors (Lipinski definition) is 7. The monoisotopic (exact) mass is 334 g/mol. The Bertz CT molecular complexity index is 892. The molecule has 1 amide bonds. The summed E-state index contributed by atoms with van der Waals surface area (Å²) in [6, 6.07) is 9.75. The largest absolute Gasteiger partial charge is 0.496 e. The molecule has 0 fully saturated rings. The fourth-order valence-electron chi connectivity index (χ4n) is 1.97. The van der Waals surface area contributed by atoms with Gasteiger partial charge in [-0.1, -0.05) is 0 Å². The van der Waals surface area contributed by atoms with Crippen LogP contribution < -0.4 is 15.5 Å². The smallest absolute Gasteiger partial charge is 0.259 e. The molecule has 0 aliphatic carbocycles. The van der Waals surface area contributed by atoms with Gasteiger partial charge in [0, 0.05) is 12.3 Å². The molecule has 0 unspecified atom stereocenters. The number of amides is 1. The van der Waals surface area contributed by atoms with E-state index in [-0.39, 0.29) is 11.6 Å². The average molecular weight is 334 g/mol. The van der Waals surface area contributed by atoms with Crippen LogP contribution in [0.5, 0.6) is 5.75 Å². The zero-order valence-corrected chi connectivity index (χ0v) is 13.6. The van der Waals surface area contributed by atoms with Crippen molar-refractivity contribution in [1.82, 2.24) is 4.98 Å². The first-order valence-corrected chi connectivity index (χ1v) is 7.12. The lowest BCUT2D eigenvalue weighted by Crippen LogP contribution is -2.13. The van der Waals surface area contributed by atoms with Crippen molar-refractivity contribution in [2.24, 2.45) is 5.10 Å². The number of methoxy groups -OCH3 is 1. The van der Waals surface area contributed by atoms with Gasteiger partial charge in [0.2, 0.25) is 5.71 Å². The number of hydrazone groups is 1. The molecule has 0 aliphatic heterocycles. The first-order chi connectivity index (χ1) is 12.1. The van der Waals surface area contributed by atoms with E-state index < -0.39 is 0 Å². The highest BCUT2D eigenvalue weighted by Crippen LogP contribution is 2.24. The number of nitrogens with one attached hydrogen (secondary N) is 2. The number of hydrogen-bond donors (Lipinski definition) is 2. The molecule has 8 heteroatoms. The lowest BCUT2D eigenvalue weighted by atomic mass is 10.1. The number of nitrogens with zero attached hydrogens (tertiary/aromatic N) is 4. The number of aromatic nitrogens is 1. The maximum atomic E-state index is 12.4. The van der Waals surface area contributed by atoms with E-state index in [1.165, 1.54) is 7.11 Å². The van der Waals surface area contributed by atoms with Gasteiger partial charge in [0.25, 0.3) is 5.91 Å². The SMILES string of the molecule is COc1cc(NN=C(C#N)C#N)ccc1C(=O)Nc1cncc(C)c1. The van der Waals surface area contributed by atoms with Crippen LogP contribution in [0.3, 0.4) is 0 Å². The Morgan fingerprint density at radius 1 is 1.20 bits per heavy atom. The fourth-order valence-corrected chi connectivity index (χ4v) is 1.97.